The number of nitrogens with one attached hydrogen (secondary N) is 1. The van der Waals surface area contributed by atoms with Crippen LogP contribution in [0.25, 0.3) is 0 Å². The molecule has 78 valence electrons. The third-order valence-corrected chi connectivity index (χ3v) is 4.22. The standard InChI is InChI=1S/C11H17NOS/c1-9-3-6-14-10(9)11(4-5-12-2)7-13-8-11/h3,6,12H,4-5,7-8H2,1-2H3. The summed E-state index contributed by atoms with van der Waals surface area (Å²) >= 11 is 1.87. The Hall–Kier alpha value is -0.380. The first-order chi connectivity index (χ1) is 6.78. The van der Waals surface area contributed by atoms with Gasteiger partial charge in [0.15, 0.2) is 0 Å². The van der Waals surface area contributed by atoms with E-state index in [1.54, 1.807) is 0 Å². The minimum Gasteiger partial charge on any atom is -0.379 e. The second kappa shape index (κ2) is 4.01. The van der Waals surface area contributed by atoms with Crippen molar-refractivity contribution in [3.8, 4) is 0 Å². The Labute approximate surface area is 89.3 Å². The van der Waals surface area contributed by atoms with Crippen LogP contribution in [0.15, 0.2) is 11.4 Å². The molecule has 0 saturated carbocycles. The van der Waals surface area contributed by atoms with Gasteiger partial charge in [0.25, 0.3) is 0 Å². The van der Waals surface area contributed by atoms with Crippen LogP contribution < -0.4 is 5.32 Å². The number of hydrogen-bond donors (Lipinski definition) is 1. The number of hydrogen-bond acceptors (Lipinski definition) is 3. The molecule has 0 spiro atoms. The van der Waals surface area contributed by atoms with Gasteiger partial charge in [-0.3, -0.25) is 0 Å². The highest BCUT2D eigenvalue weighted by molar-refractivity contribution is 7.10. The molecule has 0 aromatic carbocycles. The van der Waals surface area contributed by atoms with E-state index in [9.17, 15) is 0 Å². The maximum atomic E-state index is 5.39. The Morgan fingerprint density at radius 1 is 1.57 bits per heavy atom. The predicted molar refractivity (Wildman–Crippen MR) is 60.1 cm³/mol. The summed E-state index contributed by atoms with van der Waals surface area (Å²) in [6, 6.07) is 2.21. The first-order valence-corrected chi connectivity index (χ1v) is 5.93. The SMILES string of the molecule is CNCCC1(c2sccc2C)COC1. The topological polar surface area (TPSA) is 21.3 Å². The fourth-order valence-corrected chi connectivity index (χ4v) is 3.15. The van der Waals surface area contributed by atoms with E-state index in [-0.39, 0.29) is 0 Å². The van der Waals surface area contributed by atoms with Gasteiger partial charge in [-0.25, -0.2) is 0 Å². The van der Waals surface area contributed by atoms with Gasteiger partial charge in [0.05, 0.1) is 18.6 Å². The van der Waals surface area contributed by atoms with E-state index in [0.717, 1.165) is 19.8 Å². The van der Waals surface area contributed by atoms with Crippen LogP contribution in [0.4, 0.5) is 0 Å². The third-order valence-electron chi connectivity index (χ3n) is 2.95. The number of rotatable bonds is 4. The van der Waals surface area contributed by atoms with Gasteiger partial charge >= 0.3 is 0 Å². The summed E-state index contributed by atoms with van der Waals surface area (Å²) in [4.78, 5) is 1.53. The van der Waals surface area contributed by atoms with Gasteiger partial charge in [0.1, 0.15) is 0 Å². The number of aryl methyl sites for hydroxylation is 1. The molecule has 0 amide bonds. The highest BCUT2D eigenvalue weighted by atomic mass is 32.1. The van der Waals surface area contributed by atoms with Crippen molar-refractivity contribution in [3.05, 3.63) is 21.9 Å². The van der Waals surface area contributed by atoms with Crippen molar-refractivity contribution in [1.29, 1.82) is 0 Å². The molecule has 1 aromatic rings. The summed E-state index contributed by atoms with van der Waals surface area (Å²) in [5, 5.41) is 5.41. The van der Waals surface area contributed by atoms with Crippen LogP contribution in [-0.2, 0) is 10.2 Å². The van der Waals surface area contributed by atoms with Gasteiger partial charge in [-0.2, -0.15) is 0 Å². The molecule has 2 rings (SSSR count). The van der Waals surface area contributed by atoms with Crippen LogP contribution in [0.2, 0.25) is 0 Å². The average molecular weight is 211 g/mol. The minimum atomic E-state index is 0.321. The normalized spacial score (nSPS) is 19.3. The van der Waals surface area contributed by atoms with Crippen molar-refractivity contribution >= 4 is 11.3 Å². The van der Waals surface area contributed by atoms with Crippen molar-refractivity contribution < 1.29 is 4.74 Å². The molecule has 1 saturated heterocycles. The fraction of sp³-hybridized carbons (Fsp3) is 0.636. The van der Waals surface area contributed by atoms with Crippen LogP contribution in [-0.4, -0.2) is 26.8 Å². The van der Waals surface area contributed by atoms with Gasteiger partial charge in [0, 0.05) is 4.88 Å². The highest BCUT2D eigenvalue weighted by Crippen LogP contribution is 2.40. The largest absolute Gasteiger partial charge is 0.379 e. The lowest BCUT2D eigenvalue weighted by Gasteiger charge is -2.41. The first kappa shape index (κ1) is 10.1. The summed E-state index contributed by atoms with van der Waals surface area (Å²) in [5.74, 6) is 0. The van der Waals surface area contributed by atoms with E-state index in [0.29, 0.717) is 5.41 Å². The summed E-state index contributed by atoms with van der Waals surface area (Å²) in [5.41, 5.74) is 1.75. The Morgan fingerprint density at radius 3 is 2.79 bits per heavy atom. The van der Waals surface area contributed by atoms with Crippen LogP contribution >= 0.6 is 11.3 Å². The first-order valence-electron chi connectivity index (χ1n) is 5.05. The Balaban J connectivity index is 2.16. The Morgan fingerprint density at radius 2 is 2.36 bits per heavy atom. The molecule has 1 N–H and O–H groups in total. The zero-order chi connectivity index (χ0) is 10.0. The van der Waals surface area contributed by atoms with Gasteiger partial charge in [0.2, 0.25) is 0 Å². The van der Waals surface area contributed by atoms with Gasteiger partial charge in [-0.05, 0) is 43.9 Å². The quantitative estimate of drug-likeness (QED) is 0.821. The summed E-state index contributed by atoms with van der Waals surface area (Å²) in [6.07, 6.45) is 1.19. The van der Waals surface area contributed by atoms with E-state index < -0.39 is 0 Å². The molecule has 0 bridgehead atoms. The summed E-state index contributed by atoms with van der Waals surface area (Å²) in [6.45, 7) is 5.07. The molecule has 1 aliphatic heterocycles. The van der Waals surface area contributed by atoms with E-state index in [4.69, 9.17) is 4.74 Å². The molecule has 1 fully saturated rings. The average Bonchev–Trinajstić information content (AvgIpc) is 2.51. The molecule has 1 aliphatic rings. The lowest BCUT2D eigenvalue weighted by Crippen LogP contribution is -2.48. The molecular formula is C11H17NOS. The maximum Gasteiger partial charge on any atom is 0.0594 e. The van der Waals surface area contributed by atoms with E-state index >= 15 is 0 Å². The van der Waals surface area contributed by atoms with Crippen molar-refractivity contribution in [2.75, 3.05) is 26.8 Å². The van der Waals surface area contributed by atoms with E-state index in [1.165, 1.54) is 16.9 Å². The molecule has 0 unspecified atom stereocenters. The van der Waals surface area contributed by atoms with Crippen LogP contribution in [0.1, 0.15) is 16.9 Å². The molecule has 1 aromatic heterocycles. The summed E-state index contributed by atoms with van der Waals surface area (Å²) < 4.78 is 5.39. The van der Waals surface area contributed by atoms with Crippen molar-refractivity contribution in [3.63, 3.8) is 0 Å². The monoisotopic (exact) mass is 211 g/mol. The lowest BCUT2D eigenvalue weighted by molar-refractivity contribution is -0.0622. The highest BCUT2D eigenvalue weighted by Gasteiger charge is 2.41. The number of ether oxygens (including phenoxy) is 1. The second-order valence-electron chi connectivity index (χ2n) is 4.06. The Kier molecular flexibility index (Phi) is 2.91. The molecule has 0 aliphatic carbocycles. The van der Waals surface area contributed by atoms with E-state index in [1.807, 2.05) is 18.4 Å². The van der Waals surface area contributed by atoms with Gasteiger partial charge in [-0.1, -0.05) is 0 Å². The smallest absolute Gasteiger partial charge is 0.0594 e. The molecule has 3 heteroatoms. The lowest BCUT2D eigenvalue weighted by atomic mass is 9.79. The van der Waals surface area contributed by atoms with E-state index in [2.05, 4.69) is 23.7 Å². The second-order valence-corrected chi connectivity index (χ2v) is 4.98. The molecule has 14 heavy (non-hydrogen) atoms. The third kappa shape index (κ3) is 1.60. The van der Waals surface area contributed by atoms with Gasteiger partial charge < -0.3 is 10.1 Å². The Bertz CT molecular complexity index is 304. The molecule has 0 radical (unpaired) electrons. The molecular weight excluding hydrogens is 194 g/mol. The molecule has 2 nitrogen and oxygen atoms in total. The van der Waals surface area contributed by atoms with Crippen LogP contribution in [0, 0.1) is 6.92 Å². The molecule has 2 heterocycles. The van der Waals surface area contributed by atoms with Crippen LogP contribution in [0.5, 0.6) is 0 Å². The van der Waals surface area contributed by atoms with Crippen molar-refractivity contribution in [2.45, 2.75) is 18.8 Å². The van der Waals surface area contributed by atoms with Crippen molar-refractivity contribution in [1.82, 2.24) is 5.32 Å². The maximum absolute atomic E-state index is 5.39. The predicted octanol–water partition coefficient (Wildman–Crippen LogP) is 1.93. The van der Waals surface area contributed by atoms with Crippen molar-refractivity contribution in [2.24, 2.45) is 0 Å². The van der Waals surface area contributed by atoms with Crippen LogP contribution in [0.3, 0.4) is 0 Å². The van der Waals surface area contributed by atoms with Gasteiger partial charge in [-0.15, -0.1) is 11.3 Å². The number of thiophene rings is 1. The minimum absolute atomic E-state index is 0.321. The zero-order valence-corrected chi connectivity index (χ0v) is 9.62. The molecule has 0 atom stereocenters. The fourth-order valence-electron chi connectivity index (χ4n) is 2.02. The zero-order valence-electron chi connectivity index (χ0n) is 8.80. The summed E-state index contributed by atoms with van der Waals surface area (Å²) in [7, 11) is 2.01.